The van der Waals surface area contributed by atoms with E-state index in [9.17, 15) is 4.79 Å². The van der Waals surface area contributed by atoms with Crippen LogP contribution in [0.3, 0.4) is 0 Å². The van der Waals surface area contributed by atoms with Crippen molar-refractivity contribution < 1.29 is 9.53 Å². The van der Waals surface area contributed by atoms with E-state index in [1.54, 1.807) is 25.6 Å². The van der Waals surface area contributed by atoms with E-state index >= 15 is 0 Å². The molecule has 2 rings (SSSR count). The molecular formula is C14H19BrN2O2. The molecular weight excluding hydrogens is 308 g/mol. The van der Waals surface area contributed by atoms with Crippen LogP contribution in [0, 0.1) is 0 Å². The number of nitrogens with zero attached hydrogens (tertiary/aromatic N) is 2. The van der Waals surface area contributed by atoms with Crippen molar-refractivity contribution in [3.05, 3.63) is 24.0 Å². The largest absolute Gasteiger partial charge is 0.494 e. The van der Waals surface area contributed by atoms with Crippen molar-refractivity contribution in [2.75, 3.05) is 19.0 Å². The highest BCUT2D eigenvalue weighted by molar-refractivity contribution is 9.09. The number of pyridine rings is 1. The molecule has 0 radical (unpaired) electrons. The van der Waals surface area contributed by atoms with Gasteiger partial charge in [-0.2, -0.15) is 0 Å². The van der Waals surface area contributed by atoms with E-state index in [-0.39, 0.29) is 5.91 Å². The van der Waals surface area contributed by atoms with Gasteiger partial charge in [0.2, 0.25) is 0 Å². The minimum Gasteiger partial charge on any atom is -0.494 e. The Morgan fingerprint density at radius 1 is 1.53 bits per heavy atom. The van der Waals surface area contributed by atoms with Crippen molar-refractivity contribution in [3.8, 4) is 5.75 Å². The summed E-state index contributed by atoms with van der Waals surface area (Å²) in [6.45, 7) is 0.731. The predicted octanol–water partition coefficient (Wildman–Crippen LogP) is 2.87. The minimum absolute atomic E-state index is 0.0469. The number of amides is 1. The van der Waals surface area contributed by atoms with Crippen LogP contribution >= 0.6 is 15.9 Å². The molecule has 1 heterocycles. The number of aromatic nitrogens is 1. The second kappa shape index (κ2) is 6.89. The molecule has 0 unspecified atom stereocenters. The lowest BCUT2D eigenvalue weighted by molar-refractivity contribution is 0.0692. The monoisotopic (exact) mass is 326 g/mol. The topological polar surface area (TPSA) is 42.4 Å². The number of alkyl halides is 1. The highest BCUT2D eigenvalue weighted by Gasteiger charge is 2.28. The van der Waals surface area contributed by atoms with Crippen molar-refractivity contribution in [1.82, 2.24) is 9.88 Å². The van der Waals surface area contributed by atoms with Crippen LogP contribution in [-0.4, -0.2) is 40.8 Å². The average Bonchev–Trinajstić information content (AvgIpc) is 2.98. The third-order valence-electron chi connectivity index (χ3n) is 3.59. The summed E-state index contributed by atoms with van der Waals surface area (Å²) < 4.78 is 5.24. The van der Waals surface area contributed by atoms with E-state index in [0.717, 1.165) is 24.7 Å². The second-order valence-corrected chi connectivity index (χ2v) is 5.49. The van der Waals surface area contributed by atoms with Crippen molar-refractivity contribution in [2.45, 2.75) is 31.7 Å². The first kappa shape index (κ1) is 14.3. The first-order valence-corrected chi connectivity index (χ1v) is 7.75. The zero-order valence-corrected chi connectivity index (χ0v) is 12.7. The summed E-state index contributed by atoms with van der Waals surface area (Å²) in [5.41, 5.74) is 0.602. The quantitative estimate of drug-likeness (QED) is 0.781. The van der Waals surface area contributed by atoms with Gasteiger partial charge in [0.15, 0.2) is 0 Å². The number of ether oxygens (including phenoxy) is 1. The smallest absolute Gasteiger partial charge is 0.258 e. The van der Waals surface area contributed by atoms with Gasteiger partial charge in [-0.3, -0.25) is 9.78 Å². The summed E-state index contributed by atoms with van der Waals surface area (Å²) >= 11 is 3.44. The van der Waals surface area contributed by atoms with Crippen molar-refractivity contribution in [3.63, 3.8) is 0 Å². The lowest BCUT2D eigenvalue weighted by atomic mass is 10.1. The van der Waals surface area contributed by atoms with Crippen LogP contribution in [0.1, 0.15) is 36.0 Å². The van der Waals surface area contributed by atoms with Crippen LogP contribution in [0.25, 0.3) is 0 Å². The normalized spacial score (nSPS) is 15.5. The van der Waals surface area contributed by atoms with E-state index in [0.29, 0.717) is 17.4 Å². The number of halogens is 1. The molecule has 0 N–H and O–H groups in total. The number of methoxy groups -OCH3 is 1. The van der Waals surface area contributed by atoms with E-state index in [4.69, 9.17) is 4.74 Å². The van der Waals surface area contributed by atoms with Crippen LogP contribution < -0.4 is 4.74 Å². The molecule has 1 amide bonds. The summed E-state index contributed by atoms with van der Waals surface area (Å²) in [5, 5.41) is 0.794. The maximum atomic E-state index is 12.7. The summed E-state index contributed by atoms with van der Waals surface area (Å²) in [4.78, 5) is 18.7. The Hall–Kier alpha value is -1.10. The fourth-order valence-corrected chi connectivity index (χ4v) is 3.01. The standard InChI is InChI=1S/C14H19BrN2O2/c1-19-13-10-16-8-6-12(13)14(18)17(9-7-15)11-4-2-3-5-11/h6,8,10-11H,2-5,7,9H2,1H3. The number of hydrogen-bond donors (Lipinski definition) is 0. The van der Waals surface area contributed by atoms with Crippen LogP contribution in [-0.2, 0) is 0 Å². The molecule has 1 aliphatic carbocycles. The fourth-order valence-electron chi connectivity index (χ4n) is 2.63. The Balaban J connectivity index is 2.22. The summed E-state index contributed by atoms with van der Waals surface area (Å²) in [5.74, 6) is 0.593. The molecule has 4 nitrogen and oxygen atoms in total. The fraction of sp³-hybridized carbons (Fsp3) is 0.571. The Kier molecular flexibility index (Phi) is 5.19. The summed E-state index contributed by atoms with van der Waals surface area (Å²) in [6.07, 6.45) is 7.86. The molecule has 0 bridgehead atoms. The number of carbonyl (C=O) groups is 1. The molecule has 0 spiro atoms. The molecule has 1 aromatic rings. The lowest BCUT2D eigenvalue weighted by Gasteiger charge is -2.28. The van der Waals surface area contributed by atoms with Gasteiger partial charge in [0.25, 0.3) is 5.91 Å². The molecule has 5 heteroatoms. The SMILES string of the molecule is COc1cnccc1C(=O)N(CCBr)C1CCCC1. The zero-order chi connectivity index (χ0) is 13.7. The van der Waals surface area contributed by atoms with Gasteiger partial charge in [-0.15, -0.1) is 0 Å². The van der Waals surface area contributed by atoms with Gasteiger partial charge >= 0.3 is 0 Å². The van der Waals surface area contributed by atoms with Crippen LogP contribution in [0.2, 0.25) is 0 Å². The first-order valence-electron chi connectivity index (χ1n) is 6.63. The van der Waals surface area contributed by atoms with E-state index in [1.807, 2.05) is 4.90 Å². The third kappa shape index (κ3) is 3.26. The van der Waals surface area contributed by atoms with Crippen molar-refractivity contribution in [1.29, 1.82) is 0 Å². The number of rotatable bonds is 5. The van der Waals surface area contributed by atoms with Crippen LogP contribution in [0.4, 0.5) is 0 Å². The Morgan fingerprint density at radius 2 is 2.26 bits per heavy atom. The van der Waals surface area contributed by atoms with Gasteiger partial charge in [-0.25, -0.2) is 0 Å². The van der Waals surface area contributed by atoms with Gasteiger partial charge in [-0.1, -0.05) is 28.8 Å². The molecule has 1 aliphatic rings. The van der Waals surface area contributed by atoms with E-state index in [1.165, 1.54) is 12.8 Å². The van der Waals surface area contributed by atoms with E-state index in [2.05, 4.69) is 20.9 Å². The van der Waals surface area contributed by atoms with Gasteiger partial charge in [-0.05, 0) is 18.9 Å². The average molecular weight is 327 g/mol. The molecule has 1 saturated carbocycles. The molecule has 0 aliphatic heterocycles. The highest BCUT2D eigenvalue weighted by atomic mass is 79.9. The van der Waals surface area contributed by atoms with Crippen LogP contribution in [0.15, 0.2) is 18.5 Å². The molecule has 0 aromatic carbocycles. The Bertz CT molecular complexity index is 433. The van der Waals surface area contributed by atoms with Crippen LogP contribution in [0.5, 0.6) is 5.75 Å². The number of carbonyl (C=O) groups excluding carboxylic acids is 1. The van der Waals surface area contributed by atoms with Crippen molar-refractivity contribution >= 4 is 21.8 Å². The maximum absolute atomic E-state index is 12.7. The minimum atomic E-state index is 0.0469. The molecule has 19 heavy (non-hydrogen) atoms. The maximum Gasteiger partial charge on any atom is 0.258 e. The van der Waals surface area contributed by atoms with Gasteiger partial charge in [0.1, 0.15) is 5.75 Å². The van der Waals surface area contributed by atoms with Gasteiger partial charge in [0.05, 0.1) is 18.9 Å². The molecule has 1 fully saturated rings. The molecule has 0 saturated heterocycles. The third-order valence-corrected chi connectivity index (χ3v) is 3.94. The Morgan fingerprint density at radius 3 is 2.89 bits per heavy atom. The number of hydrogen-bond acceptors (Lipinski definition) is 3. The van der Waals surface area contributed by atoms with Crippen molar-refractivity contribution in [2.24, 2.45) is 0 Å². The zero-order valence-electron chi connectivity index (χ0n) is 11.1. The molecule has 104 valence electrons. The highest BCUT2D eigenvalue weighted by Crippen LogP contribution is 2.27. The van der Waals surface area contributed by atoms with Gasteiger partial charge in [0, 0.05) is 24.1 Å². The van der Waals surface area contributed by atoms with Gasteiger partial charge < -0.3 is 9.64 Å². The van der Waals surface area contributed by atoms with E-state index < -0.39 is 0 Å². The Labute approximate surface area is 122 Å². The lowest BCUT2D eigenvalue weighted by Crippen LogP contribution is -2.40. The summed E-state index contributed by atoms with van der Waals surface area (Å²) in [6, 6.07) is 2.10. The second-order valence-electron chi connectivity index (χ2n) is 4.70. The predicted molar refractivity (Wildman–Crippen MR) is 77.9 cm³/mol. The molecule has 1 aromatic heterocycles. The first-order chi connectivity index (χ1) is 9.27. The molecule has 0 atom stereocenters. The summed E-state index contributed by atoms with van der Waals surface area (Å²) in [7, 11) is 1.57.